The third-order valence-corrected chi connectivity index (χ3v) is 3.94. The number of anilines is 1. The van der Waals surface area contributed by atoms with E-state index in [1.807, 2.05) is 11.0 Å². The Kier molecular flexibility index (Phi) is 2.75. The minimum Gasteiger partial charge on any atom is -0.361 e. The fourth-order valence-corrected chi connectivity index (χ4v) is 2.98. The van der Waals surface area contributed by atoms with Crippen molar-refractivity contribution in [1.29, 1.82) is 5.26 Å². The summed E-state index contributed by atoms with van der Waals surface area (Å²) in [6.07, 6.45) is 1.81. The molecule has 1 atom stereocenters. The molecule has 1 aromatic rings. The van der Waals surface area contributed by atoms with Gasteiger partial charge in [0.1, 0.15) is 0 Å². The van der Waals surface area contributed by atoms with Crippen molar-refractivity contribution >= 4 is 11.6 Å². The number of carbonyl (C=O) groups excluding carboxylic acids is 1. The van der Waals surface area contributed by atoms with Crippen LogP contribution in [0.3, 0.4) is 0 Å². The standard InChI is InChI=1S/C15H15N3O/c1-2-15(19)17-7-8-18-13-9-12(14(18)10-17)4-3-11(13)5-6-16/h2-4,9,14H,1,5,7-8,10H2. The number of hydrogen-bond donors (Lipinski definition) is 0. The summed E-state index contributed by atoms with van der Waals surface area (Å²) < 4.78 is 0. The molecule has 4 heteroatoms. The van der Waals surface area contributed by atoms with E-state index in [2.05, 4.69) is 29.7 Å². The van der Waals surface area contributed by atoms with Crippen LogP contribution in [0.5, 0.6) is 0 Å². The molecule has 2 heterocycles. The van der Waals surface area contributed by atoms with Gasteiger partial charge in [0.05, 0.1) is 18.5 Å². The first kappa shape index (κ1) is 11.8. The van der Waals surface area contributed by atoms with Crippen LogP contribution >= 0.6 is 0 Å². The molecule has 1 fully saturated rings. The van der Waals surface area contributed by atoms with Gasteiger partial charge in [0.25, 0.3) is 0 Å². The van der Waals surface area contributed by atoms with Crippen LogP contribution in [0, 0.1) is 11.3 Å². The van der Waals surface area contributed by atoms with Crippen LogP contribution in [-0.2, 0) is 11.2 Å². The van der Waals surface area contributed by atoms with Crippen LogP contribution in [0.25, 0.3) is 0 Å². The Morgan fingerprint density at radius 3 is 3.11 bits per heavy atom. The number of rotatable bonds is 2. The lowest BCUT2D eigenvalue weighted by Crippen LogP contribution is -2.48. The Balaban J connectivity index is 1.87. The third-order valence-electron chi connectivity index (χ3n) is 3.94. The SMILES string of the molecule is C=CC(=O)N1CCN2c3cc(ccc3CC#N)C2C1. The number of fused-ring (bicyclic) bond motifs is 5. The molecule has 0 spiro atoms. The van der Waals surface area contributed by atoms with Crippen molar-refractivity contribution in [3.8, 4) is 6.07 Å². The van der Waals surface area contributed by atoms with Gasteiger partial charge in [-0.2, -0.15) is 5.26 Å². The molecular weight excluding hydrogens is 238 g/mol. The molecule has 2 bridgehead atoms. The molecule has 96 valence electrons. The van der Waals surface area contributed by atoms with Crippen molar-refractivity contribution in [1.82, 2.24) is 4.90 Å². The smallest absolute Gasteiger partial charge is 0.246 e. The molecule has 0 aliphatic carbocycles. The topological polar surface area (TPSA) is 47.3 Å². The van der Waals surface area contributed by atoms with E-state index in [9.17, 15) is 4.79 Å². The van der Waals surface area contributed by atoms with Crippen molar-refractivity contribution in [2.45, 2.75) is 12.5 Å². The summed E-state index contributed by atoms with van der Waals surface area (Å²) in [4.78, 5) is 15.9. The summed E-state index contributed by atoms with van der Waals surface area (Å²) in [5.74, 6) is -0.00287. The first-order chi connectivity index (χ1) is 9.24. The number of piperazine rings is 1. The third kappa shape index (κ3) is 1.78. The maximum absolute atomic E-state index is 11.7. The quantitative estimate of drug-likeness (QED) is 0.753. The molecule has 1 amide bonds. The average Bonchev–Trinajstić information content (AvgIpc) is 2.75. The lowest BCUT2D eigenvalue weighted by atomic mass is 10.1. The van der Waals surface area contributed by atoms with Crippen molar-refractivity contribution in [3.05, 3.63) is 42.0 Å². The van der Waals surface area contributed by atoms with Crippen LogP contribution in [0.1, 0.15) is 17.2 Å². The van der Waals surface area contributed by atoms with E-state index in [-0.39, 0.29) is 11.9 Å². The Labute approximate surface area is 112 Å². The van der Waals surface area contributed by atoms with E-state index in [0.29, 0.717) is 19.5 Å². The number of nitriles is 1. The van der Waals surface area contributed by atoms with E-state index in [4.69, 9.17) is 5.26 Å². The minimum atomic E-state index is -0.00287. The lowest BCUT2D eigenvalue weighted by Gasteiger charge is -2.39. The Morgan fingerprint density at radius 2 is 2.37 bits per heavy atom. The largest absolute Gasteiger partial charge is 0.361 e. The molecule has 0 N–H and O–H groups in total. The van der Waals surface area contributed by atoms with E-state index in [1.165, 1.54) is 11.6 Å². The Bertz CT molecular complexity index is 588. The molecule has 3 rings (SSSR count). The fraction of sp³-hybridized carbons (Fsp3) is 0.333. The van der Waals surface area contributed by atoms with Gasteiger partial charge in [0.15, 0.2) is 0 Å². The van der Waals surface area contributed by atoms with Crippen molar-refractivity contribution in [2.24, 2.45) is 0 Å². The zero-order valence-corrected chi connectivity index (χ0v) is 10.7. The first-order valence-corrected chi connectivity index (χ1v) is 6.42. The summed E-state index contributed by atoms with van der Waals surface area (Å²) in [6.45, 7) is 5.77. The van der Waals surface area contributed by atoms with E-state index in [0.717, 1.165) is 17.8 Å². The van der Waals surface area contributed by atoms with Crippen LogP contribution in [0.15, 0.2) is 30.9 Å². The molecule has 19 heavy (non-hydrogen) atoms. The number of amides is 1. The number of carbonyl (C=O) groups is 1. The average molecular weight is 253 g/mol. The highest BCUT2D eigenvalue weighted by atomic mass is 16.2. The predicted molar refractivity (Wildman–Crippen MR) is 72.6 cm³/mol. The first-order valence-electron chi connectivity index (χ1n) is 6.42. The van der Waals surface area contributed by atoms with Gasteiger partial charge < -0.3 is 9.80 Å². The highest BCUT2D eigenvalue weighted by Crippen LogP contribution is 2.40. The zero-order chi connectivity index (χ0) is 13.4. The van der Waals surface area contributed by atoms with Crippen LogP contribution in [-0.4, -0.2) is 30.4 Å². The lowest BCUT2D eigenvalue weighted by molar-refractivity contribution is -0.126. The summed E-state index contributed by atoms with van der Waals surface area (Å²) in [5.41, 5.74) is 3.48. The van der Waals surface area contributed by atoms with Gasteiger partial charge in [0, 0.05) is 25.3 Å². The summed E-state index contributed by atoms with van der Waals surface area (Å²) in [6, 6.07) is 8.70. The molecule has 0 aromatic heterocycles. The number of hydrogen-bond acceptors (Lipinski definition) is 3. The number of nitrogens with zero attached hydrogens (tertiary/aromatic N) is 3. The van der Waals surface area contributed by atoms with Gasteiger partial charge in [0.2, 0.25) is 5.91 Å². The Morgan fingerprint density at radius 1 is 1.53 bits per heavy atom. The van der Waals surface area contributed by atoms with Gasteiger partial charge >= 0.3 is 0 Å². The van der Waals surface area contributed by atoms with Gasteiger partial charge in [-0.15, -0.1) is 0 Å². The molecule has 0 radical (unpaired) electrons. The summed E-state index contributed by atoms with van der Waals surface area (Å²) in [5, 5.41) is 8.87. The molecule has 2 aliphatic heterocycles. The summed E-state index contributed by atoms with van der Waals surface area (Å²) in [7, 11) is 0. The maximum atomic E-state index is 11.7. The van der Waals surface area contributed by atoms with Crippen LogP contribution in [0.4, 0.5) is 5.69 Å². The highest BCUT2D eigenvalue weighted by molar-refractivity contribution is 5.87. The molecule has 1 saturated heterocycles. The minimum absolute atomic E-state index is 0.00287. The second kappa shape index (κ2) is 4.43. The zero-order valence-electron chi connectivity index (χ0n) is 10.7. The predicted octanol–water partition coefficient (Wildman–Crippen LogP) is 1.64. The van der Waals surface area contributed by atoms with Crippen LogP contribution < -0.4 is 4.90 Å². The number of benzene rings is 1. The van der Waals surface area contributed by atoms with Gasteiger partial charge in [-0.1, -0.05) is 18.7 Å². The molecule has 1 unspecified atom stereocenters. The van der Waals surface area contributed by atoms with Gasteiger partial charge in [-0.25, -0.2) is 0 Å². The normalized spacial score (nSPS) is 19.8. The molecule has 4 nitrogen and oxygen atoms in total. The highest BCUT2D eigenvalue weighted by Gasteiger charge is 2.35. The maximum Gasteiger partial charge on any atom is 0.246 e. The second-order valence-electron chi connectivity index (χ2n) is 4.92. The molecule has 2 aliphatic rings. The molecule has 0 saturated carbocycles. The molecule has 1 aromatic carbocycles. The summed E-state index contributed by atoms with van der Waals surface area (Å²) >= 11 is 0. The molecular formula is C15H15N3O. The van der Waals surface area contributed by atoms with E-state index < -0.39 is 0 Å². The van der Waals surface area contributed by atoms with E-state index >= 15 is 0 Å². The van der Waals surface area contributed by atoms with Crippen molar-refractivity contribution in [3.63, 3.8) is 0 Å². The second-order valence-corrected chi connectivity index (χ2v) is 4.92. The fourth-order valence-electron chi connectivity index (χ4n) is 2.98. The monoisotopic (exact) mass is 253 g/mol. The van der Waals surface area contributed by atoms with Crippen LogP contribution in [0.2, 0.25) is 0 Å². The van der Waals surface area contributed by atoms with E-state index in [1.54, 1.807) is 0 Å². The van der Waals surface area contributed by atoms with Gasteiger partial charge in [-0.05, 0) is 23.3 Å². The Hall–Kier alpha value is -2.28. The van der Waals surface area contributed by atoms with Crippen molar-refractivity contribution < 1.29 is 4.79 Å². The van der Waals surface area contributed by atoms with Gasteiger partial charge in [-0.3, -0.25) is 4.79 Å². The van der Waals surface area contributed by atoms with Crippen molar-refractivity contribution in [2.75, 3.05) is 24.5 Å².